The van der Waals surface area contributed by atoms with Crippen LogP contribution in [0.4, 0.5) is 0 Å². The average molecular weight is 294 g/mol. The summed E-state index contributed by atoms with van der Waals surface area (Å²) in [6.07, 6.45) is 3.98. The zero-order chi connectivity index (χ0) is 14.7. The summed E-state index contributed by atoms with van der Waals surface area (Å²) in [5.74, 6) is 0. The van der Waals surface area contributed by atoms with Gasteiger partial charge in [-0.15, -0.1) is 11.8 Å². The van der Waals surface area contributed by atoms with Gasteiger partial charge in [-0.3, -0.25) is 4.98 Å². The molecule has 1 aromatic heterocycles. The molecule has 0 amide bonds. The first-order valence-corrected chi connectivity index (χ1v) is 8.21. The zero-order valence-electron chi connectivity index (χ0n) is 12.2. The van der Waals surface area contributed by atoms with E-state index in [1.54, 1.807) is 11.8 Å². The van der Waals surface area contributed by atoms with Crippen LogP contribution in [0.15, 0.2) is 65.7 Å². The van der Waals surface area contributed by atoms with E-state index in [9.17, 15) is 0 Å². The summed E-state index contributed by atoms with van der Waals surface area (Å²) < 4.78 is 0. The van der Waals surface area contributed by atoms with Crippen molar-refractivity contribution in [2.45, 2.75) is 10.9 Å². The number of nitrogens with one attached hydrogen (secondary N) is 1. The molecule has 0 aliphatic carbocycles. The molecule has 2 aromatic carbocycles. The smallest absolute Gasteiger partial charge is 0.0753 e. The molecule has 0 bridgehead atoms. The van der Waals surface area contributed by atoms with Crippen LogP contribution in [0.2, 0.25) is 0 Å². The van der Waals surface area contributed by atoms with Gasteiger partial charge in [-0.25, -0.2) is 0 Å². The molecule has 106 valence electrons. The molecule has 21 heavy (non-hydrogen) atoms. The van der Waals surface area contributed by atoms with Crippen molar-refractivity contribution >= 4 is 22.7 Å². The summed E-state index contributed by atoms with van der Waals surface area (Å²) >= 11 is 1.78. The van der Waals surface area contributed by atoms with Gasteiger partial charge < -0.3 is 5.32 Å². The van der Waals surface area contributed by atoms with E-state index in [1.807, 2.05) is 19.3 Å². The highest BCUT2D eigenvalue weighted by Crippen LogP contribution is 2.32. The lowest BCUT2D eigenvalue weighted by molar-refractivity contribution is 0.684. The minimum Gasteiger partial charge on any atom is -0.309 e. The highest BCUT2D eigenvalue weighted by Gasteiger charge is 2.17. The van der Waals surface area contributed by atoms with E-state index in [1.165, 1.54) is 21.4 Å². The molecule has 0 fully saturated rings. The number of hydrogen-bond donors (Lipinski definition) is 1. The summed E-state index contributed by atoms with van der Waals surface area (Å²) in [6.45, 7) is 0. The van der Waals surface area contributed by atoms with Gasteiger partial charge >= 0.3 is 0 Å². The van der Waals surface area contributed by atoms with E-state index in [0.29, 0.717) is 0 Å². The van der Waals surface area contributed by atoms with Crippen LogP contribution in [0, 0.1) is 0 Å². The first-order valence-electron chi connectivity index (χ1n) is 6.99. The summed E-state index contributed by atoms with van der Waals surface area (Å²) in [6, 6.07) is 19.2. The molecule has 0 saturated heterocycles. The van der Waals surface area contributed by atoms with E-state index in [-0.39, 0.29) is 6.04 Å². The molecule has 1 N–H and O–H groups in total. The number of nitrogens with zero attached hydrogens (tertiary/aromatic N) is 1. The van der Waals surface area contributed by atoms with Crippen molar-refractivity contribution in [2.24, 2.45) is 0 Å². The molecule has 1 atom stereocenters. The second-order valence-electron chi connectivity index (χ2n) is 4.89. The third-order valence-corrected chi connectivity index (χ3v) is 4.53. The third-order valence-electron chi connectivity index (χ3n) is 3.71. The van der Waals surface area contributed by atoms with Crippen molar-refractivity contribution in [3.8, 4) is 0 Å². The monoisotopic (exact) mass is 294 g/mol. The van der Waals surface area contributed by atoms with E-state index in [0.717, 1.165) is 5.52 Å². The molecule has 3 heteroatoms. The fraction of sp³-hybridized carbons (Fsp3) is 0.167. The van der Waals surface area contributed by atoms with Crippen molar-refractivity contribution in [3.05, 3.63) is 71.9 Å². The Labute approximate surface area is 129 Å². The predicted molar refractivity (Wildman–Crippen MR) is 90.9 cm³/mol. The number of hydrogen-bond acceptors (Lipinski definition) is 3. The van der Waals surface area contributed by atoms with Gasteiger partial charge in [-0.05, 0) is 36.6 Å². The van der Waals surface area contributed by atoms with Crippen LogP contribution in [0.3, 0.4) is 0 Å². The number of benzene rings is 2. The second-order valence-corrected chi connectivity index (χ2v) is 5.73. The zero-order valence-corrected chi connectivity index (χ0v) is 13.0. The normalized spacial score (nSPS) is 12.5. The number of rotatable bonds is 4. The first-order chi connectivity index (χ1) is 10.3. The standard InChI is InChI=1S/C18H18N2S/c1-19-18(14-9-3-4-11-16(14)21-2)15-10-5-7-13-8-6-12-20-17(13)15/h3-12,18-19H,1-2H3. The molecule has 0 spiro atoms. The van der Waals surface area contributed by atoms with Gasteiger partial charge in [-0.1, -0.05) is 42.5 Å². The van der Waals surface area contributed by atoms with Crippen LogP contribution >= 0.6 is 11.8 Å². The Morgan fingerprint density at radius 3 is 2.52 bits per heavy atom. The summed E-state index contributed by atoms with van der Waals surface area (Å²) in [4.78, 5) is 5.88. The maximum Gasteiger partial charge on any atom is 0.0753 e. The van der Waals surface area contributed by atoms with Crippen molar-refractivity contribution in [3.63, 3.8) is 0 Å². The maximum absolute atomic E-state index is 4.58. The third kappa shape index (κ3) is 2.67. The minimum absolute atomic E-state index is 0.146. The molecule has 3 aromatic rings. The minimum atomic E-state index is 0.146. The highest BCUT2D eigenvalue weighted by atomic mass is 32.2. The maximum atomic E-state index is 4.58. The predicted octanol–water partition coefficient (Wildman–Crippen LogP) is 4.27. The topological polar surface area (TPSA) is 24.9 Å². The van der Waals surface area contributed by atoms with Gasteiger partial charge in [0.25, 0.3) is 0 Å². The first kappa shape index (κ1) is 14.1. The van der Waals surface area contributed by atoms with E-state index < -0.39 is 0 Å². The highest BCUT2D eigenvalue weighted by molar-refractivity contribution is 7.98. The molecule has 0 aliphatic rings. The summed E-state index contributed by atoms with van der Waals surface area (Å²) in [5.41, 5.74) is 3.58. The molecular formula is C18H18N2S. The van der Waals surface area contributed by atoms with Gasteiger partial charge in [0.05, 0.1) is 11.6 Å². The van der Waals surface area contributed by atoms with Crippen molar-refractivity contribution in [2.75, 3.05) is 13.3 Å². The average Bonchev–Trinajstić information content (AvgIpc) is 2.56. The fourth-order valence-corrected chi connectivity index (χ4v) is 3.38. The number of para-hydroxylation sites is 1. The molecule has 0 radical (unpaired) electrons. The van der Waals surface area contributed by atoms with E-state index >= 15 is 0 Å². The fourth-order valence-electron chi connectivity index (χ4n) is 2.74. The van der Waals surface area contributed by atoms with Crippen LogP contribution in [-0.4, -0.2) is 18.3 Å². The largest absolute Gasteiger partial charge is 0.309 e. The molecule has 2 nitrogen and oxygen atoms in total. The Kier molecular flexibility index (Phi) is 4.23. The lowest BCUT2D eigenvalue weighted by atomic mass is 9.96. The molecule has 3 rings (SSSR count). The molecular weight excluding hydrogens is 276 g/mol. The quantitative estimate of drug-likeness (QED) is 0.728. The van der Waals surface area contributed by atoms with Crippen LogP contribution in [0.25, 0.3) is 10.9 Å². The second kappa shape index (κ2) is 6.29. The van der Waals surface area contributed by atoms with Crippen LogP contribution in [-0.2, 0) is 0 Å². The molecule has 0 saturated carbocycles. The number of pyridine rings is 1. The van der Waals surface area contributed by atoms with Crippen molar-refractivity contribution in [1.82, 2.24) is 10.3 Å². The van der Waals surface area contributed by atoms with Crippen molar-refractivity contribution < 1.29 is 0 Å². The Bertz CT molecular complexity index is 750. The van der Waals surface area contributed by atoms with Gasteiger partial charge in [0, 0.05) is 16.5 Å². The summed E-state index contributed by atoms with van der Waals surface area (Å²) in [5, 5.41) is 4.63. The SMILES string of the molecule is CNC(c1ccccc1SC)c1cccc2cccnc12. The van der Waals surface area contributed by atoms with E-state index in [4.69, 9.17) is 0 Å². The Morgan fingerprint density at radius 2 is 1.71 bits per heavy atom. The van der Waals surface area contributed by atoms with Crippen LogP contribution in [0.5, 0.6) is 0 Å². The Hall–Kier alpha value is -1.84. The van der Waals surface area contributed by atoms with Gasteiger partial charge in [0.15, 0.2) is 0 Å². The summed E-state index contributed by atoms with van der Waals surface area (Å²) in [7, 11) is 2.00. The van der Waals surface area contributed by atoms with Gasteiger partial charge in [0.2, 0.25) is 0 Å². The van der Waals surface area contributed by atoms with Gasteiger partial charge in [-0.2, -0.15) is 0 Å². The van der Waals surface area contributed by atoms with Crippen LogP contribution in [0.1, 0.15) is 17.2 Å². The lowest BCUT2D eigenvalue weighted by Gasteiger charge is -2.21. The molecule has 1 unspecified atom stereocenters. The van der Waals surface area contributed by atoms with E-state index in [2.05, 4.69) is 65.1 Å². The molecule has 1 heterocycles. The number of fused-ring (bicyclic) bond motifs is 1. The lowest BCUT2D eigenvalue weighted by Crippen LogP contribution is -2.19. The van der Waals surface area contributed by atoms with Gasteiger partial charge in [0.1, 0.15) is 0 Å². The molecule has 0 aliphatic heterocycles. The Balaban J connectivity index is 2.19. The Morgan fingerprint density at radius 1 is 0.952 bits per heavy atom. The number of thioether (sulfide) groups is 1. The van der Waals surface area contributed by atoms with Crippen LogP contribution < -0.4 is 5.32 Å². The van der Waals surface area contributed by atoms with Crippen molar-refractivity contribution in [1.29, 1.82) is 0 Å². The number of aromatic nitrogens is 1.